The maximum absolute atomic E-state index is 11.7. The Morgan fingerprint density at radius 3 is 2.32 bits per heavy atom. The first-order valence-electron chi connectivity index (χ1n) is 9.90. The normalized spacial score (nSPS) is 14.7. The molecule has 1 fully saturated rings. The lowest BCUT2D eigenvalue weighted by Gasteiger charge is -2.25. The van der Waals surface area contributed by atoms with E-state index in [1.165, 1.54) is 18.4 Å². The third-order valence-corrected chi connectivity index (χ3v) is 4.99. The molecule has 28 heavy (non-hydrogen) atoms. The molecule has 2 aromatic carbocycles. The molecular formula is C23H29NO4. The SMILES string of the molecule is CCC(=O)c1ccc(OCC(O)CN(Cc2ccc(OC)cc2)C2CC2)cc1. The summed E-state index contributed by atoms with van der Waals surface area (Å²) in [4.78, 5) is 14.0. The highest BCUT2D eigenvalue weighted by Gasteiger charge is 2.30. The maximum atomic E-state index is 11.7. The minimum atomic E-state index is -0.573. The zero-order valence-corrected chi connectivity index (χ0v) is 16.6. The van der Waals surface area contributed by atoms with Crippen LogP contribution >= 0.6 is 0 Å². The number of benzene rings is 2. The Labute approximate surface area is 166 Å². The third kappa shape index (κ3) is 5.81. The Balaban J connectivity index is 1.50. The van der Waals surface area contributed by atoms with Gasteiger partial charge in [-0.15, -0.1) is 0 Å². The summed E-state index contributed by atoms with van der Waals surface area (Å²) in [6, 6.07) is 15.7. The van der Waals surface area contributed by atoms with E-state index < -0.39 is 6.10 Å². The molecule has 0 aliphatic heterocycles. The van der Waals surface area contributed by atoms with Crippen molar-refractivity contribution >= 4 is 5.78 Å². The molecule has 0 bridgehead atoms. The van der Waals surface area contributed by atoms with Crippen LogP contribution in [0.3, 0.4) is 0 Å². The Kier molecular flexibility index (Phi) is 7.06. The van der Waals surface area contributed by atoms with Gasteiger partial charge in [-0.25, -0.2) is 0 Å². The largest absolute Gasteiger partial charge is 0.497 e. The number of aliphatic hydroxyl groups excluding tert-OH is 1. The summed E-state index contributed by atoms with van der Waals surface area (Å²) < 4.78 is 10.9. The molecule has 0 spiro atoms. The fourth-order valence-electron chi connectivity index (χ4n) is 3.20. The first-order valence-corrected chi connectivity index (χ1v) is 9.90. The van der Waals surface area contributed by atoms with E-state index in [-0.39, 0.29) is 12.4 Å². The highest BCUT2D eigenvalue weighted by atomic mass is 16.5. The molecule has 1 atom stereocenters. The summed E-state index contributed by atoms with van der Waals surface area (Å²) in [6.07, 6.45) is 2.27. The molecule has 5 nitrogen and oxygen atoms in total. The van der Waals surface area contributed by atoms with Gasteiger partial charge in [-0.2, -0.15) is 0 Å². The van der Waals surface area contributed by atoms with Crippen molar-refractivity contribution in [2.75, 3.05) is 20.3 Å². The van der Waals surface area contributed by atoms with E-state index in [2.05, 4.69) is 17.0 Å². The van der Waals surface area contributed by atoms with Crippen molar-refractivity contribution in [1.82, 2.24) is 4.90 Å². The van der Waals surface area contributed by atoms with E-state index in [4.69, 9.17) is 9.47 Å². The van der Waals surface area contributed by atoms with Crippen LogP contribution in [0.2, 0.25) is 0 Å². The molecule has 0 radical (unpaired) electrons. The topological polar surface area (TPSA) is 59.0 Å². The zero-order chi connectivity index (χ0) is 19.9. The van der Waals surface area contributed by atoms with E-state index in [1.54, 1.807) is 31.4 Å². The Hall–Kier alpha value is -2.37. The summed E-state index contributed by atoms with van der Waals surface area (Å²) in [7, 11) is 1.66. The molecule has 2 aromatic rings. The third-order valence-electron chi connectivity index (χ3n) is 4.99. The number of hydrogen-bond donors (Lipinski definition) is 1. The number of ketones is 1. The van der Waals surface area contributed by atoms with Crippen LogP contribution in [0.4, 0.5) is 0 Å². The zero-order valence-electron chi connectivity index (χ0n) is 16.6. The van der Waals surface area contributed by atoms with Gasteiger partial charge in [0.15, 0.2) is 5.78 Å². The number of Topliss-reactive ketones (excluding diaryl/α,β-unsaturated/α-hetero) is 1. The highest BCUT2D eigenvalue weighted by Crippen LogP contribution is 2.29. The number of carbonyl (C=O) groups excluding carboxylic acids is 1. The number of ether oxygens (including phenoxy) is 2. The molecule has 0 aromatic heterocycles. The molecule has 1 aliphatic rings. The Morgan fingerprint density at radius 2 is 1.75 bits per heavy atom. The number of hydrogen-bond acceptors (Lipinski definition) is 5. The summed E-state index contributed by atoms with van der Waals surface area (Å²) in [6.45, 7) is 3.45. The predicted octanol–water partition coefficient (Wildman–Crippen LogP) is 3.69. The molecule has 1 aliphatic carbocycles. The summed E-state index contributed by atoms with van der Waals surface area (Å²) >= 11 is 0. The second kappa shape index (κ2) is 9.71. The van der Waals surface area contributed by atoms with Crippen molar-refractivity contribution in [3.05, 3.63) is 59.7 Å². The lowest BCUT2D eigenvalue weighted by atomic mass is 10.1. The van der Waals surface area contributed by atoms with Crippen LogP contribution in [0.5, 0.6) is 11.5 Å². The molecule has 150 valence electrons. The quantitative estimate of drug-likeness (QED) is 0.600. The van der Waals surface area contributed by atoms with Crippen molar-refractivity contribution in [1.29, 1.82) is 0 Å². The van der Waals surface area contributed by atoms with Gasteiger partial charge >= 0.3 is 0 Å². The minimum absolute atomic E-state index is 0.116. The van der Waals surface area contributed by atoms with Crippen molar-refractivity contribution in [3.8, 4) is 11.5 Å². The van der Waals surface area contributed by atoms with Gasteiger partial charge < -0.3 is 14.6 Å². The Bertz CT molecular complexity index is 753. The summed E-state index contributed by atoms with van der Waals surface area (Å²) in [5.41, 5.74) is 1.90. The standard InChI is InChI=1S/C23H29NO4/c1-3-23(26)18-6-12-22(13-7-18)28-16-20(25)15-24(19-8-9-19)14-17-4-10-21(27-2)11-5-17/h4-7,10-13,19-20,25H,3,8-9,14-16H2,1-2H3. The molecule has 3 rings (SSSR count). The van der Waals surface area contributed by atoms with Crippen molar-refractivity contribution < 1.29 is 19.4 Å². The van der Waals surface area contributed by atoms with Crippen molar-refractivity contribution in [2.45, 2.75) is 44.9 Å². The van der Waals surface area contributed by atoms with E-state index in [1.807, 2.05) is 19.1 Å². The first-order chi connectivity index (χ1) is 13.6. The van der Waals surface area contributed by atoms with Gasteiger partial charge in [0.1, 0.15) is 24.2 Å². The molecule has 1 N–H and O–H groups in total. The number of methoxy groups -OCH3 is 1. The van der Waals surface area contributed by atoms with Gasteiger partial charge in [-0.3, -0.25) is 9.69 Å². The average molecular weight is 383 g/mol. The highest BCUT2D eigenvalue weighted by molar-refractivity contribution is 5.95. The number of nitrogens with zero attached hydrogens (tertiary/aromatic N) is 1. The van der Waals surface area contributed by atoms with Crippen molar-refractivity contribution in [3.63, 3.8) is 0 Å². The number of rotatable bonds is 11. The molecule has 1 saturated carbocycles. The molecule has 0 heterocycles. The van der Waals surface area contributed by atoms with E-state index in [9.17, 15) is 9.90 Å². The molecule has 1 unspecified atom stereocenters. The molecule has 5 heteroatoms. The van der Waals surface area contributed by atoms with Gasteiger partial charge in [0.2, 0.25) is 0 Å². The van der Waals surface area contributed by atoms with Crippen LogP contribution in [-0.4, -0.2) is 48.2 Å². The summed E-state index contributed by atoms with van der Waals surface area (Å²) in [5.74, 6) is 1.63. The van der Waals surface area contributed by atoms with Crippen LogP contribution in [0.15, 0.2) is 48.5 Å². The van der Waals surface area contributed by atoms with E-state index in [0.717, 1.165) is 12.3 Å². The van der Waals surface area contributed by atoms with E-state index >= 15 is 0 Å². The minimum Gasteiger partial charge on any atom is -0.497 e. The maximum Gasteiger partial charge on any atom is 0.162 e. The average Bonchev–Trinajstić information content (AvgIpc) is 3.57. The van der Waals surface area contributed by atoms with Crippen LogP contribution in [0, 0.1) is 0 Å². The molecular weight excluding hydrogens is 354 g/mol. The lowest BCUT2D eigenvalue weighted by molar-refractivity contribution is 0.0626. The number of aliphatic hydroxyl groups is 1. The smallest absolute Gasteiger partial charge is 0.162 e. The second-order valence-electron chi connectivity index (χ2n) is 7.27. The van der Waals surface area contributed by atoms with E-state index in [0.29, 0.717) is 30.3 Å². The first kappa shape index (κ1) is 20.4. The van der Waals surface area contributed by atoms with Gasteiger partial charge in [0, 0.05) is 31.1 Å². The van der Waals surface area contributed by atoms with Gasteiger partial charge in [-0.05, 0) is 54.8 Å². The molecule has 0 amide bonds. The van der Waals surface area contributed by atoms with Gasteiger partial charge in [-0.1, -0.05) is 19.1 Å². The Morgan fingerprint density at radius 1 is 1.11 bits per heavy atom. The fourth-order valence-corrected chi connectivity index (χ4v) is 3.20. The van der Waals surface area contributed by atoms with Crippen LogP contribution in [-0.2, 0) is 6.54 Å². The van der Waals surface area contributed by atoms with Gasteiger partial charge in [0.25, 0.3) is 0 Å². The second-order valence-corrected chi connectivity index (χ2v) is 7.27. The lowest BCUT2D eigenvalue weighted by Crippen LogP contribution is -2.36. The fraction of sp³-hybridized carbons (Fsp3) is 0.435. The summed E-state index contributed by atoms with van der Waals surface area (Å²) in [5, 5.41) is 10.5. The van der Waals surface area contributed by atoms with Crippen LogP contribution in [0.1, 0.15) is 42.1 Å². The number of carbonyl (C=O) groups is 1. The van der Waals surface area contributed by atoms with Crippen molar-refractivity contribution in [2.24, 2.45) is 0 Å². The monoisotopic (exact) mass is 383 g/mol. The van der Waals surface area contributed by atoms with Gasteiger partial charge in [0.05, 0.1) is 7.11 Å². The van der Waals surface area contributed by atoms with Crippen LogP contribution < -0.4 is 9.47 Å². The predicted molar refractivity (Wildman–Crippen MR) is 109 cm³/mol. The molecule has 0 saturated heterocycles. The van der Waals surface area contributed by atoms with Crippen LogP contribution in [0.25, 0.3) is 0 Å².